The van der Waals surface area contributed by atoms with Gasteiger partial charge in [-0.15, -0.1) is 0 Å². The molecule has 0 aliphatic rings. The zero-order valence-corrected chi connectivity index (χ0v) is 20.4. The number of carbonyl (C=O) groups is 1. The van der Waals surface area contributed by atoms with Crippen LogP contribution in [-0.2, 0) is 4.79 Å². The van der Waals surface area contributed by atoms with Gasteiger partial charge >= 0.3 is 0 Å². The predicted molar refractivity (Wildman–Crippen MR) is 131 cm³/mol. The number of nitrogens with zero attached hydrogens (tertiary/aromatic N) is 1. The van der Waals surface area contributed by atoms with Gasteiger partial charge in [0.05, 0.1) is 4.47 Å². The van der Waals surface area contributed by atoms with Crippen molar-refractivity contribution in [3.8, 4) is 17.2 Å². The molecule has 32 heavy (non-hydrogen) atoms. The standard InChI is InChI=1S/C26H25BrN2O3/c1-14-8-18(5)25(20(27)9-14)31-13-24(30)28-21-12-19(7-6-15(21)2)26-29-22-10-16(3)17(4)11-23(22)32-26/h6-12H,13H2,1-5H3,(H,28,30). The molecule has 1 aromatic heterocycles. The van der Waals surface area contributed by atoms with Gasteiger partial charge in [-0.1, -0.05) is 12.1 Å². The van der Waals surface area contributed by atoms with Crippen LogP contribution in [0.15, 0.2) is 51.4 Å². The lowest BCUT2D eigenvalue weighted by Gasteiger charge is -2.13. The van der Waals surface area contributed by atoms with Crippen molar-refractivity contribution in [2.24, 2.45) is 0 Å². The van der Waals surface area contributed by atoms with Crippen molar-refractivity contribution in [3.63, 3.8) is 0 Å². The summed E-state index contributed by atoms with van der Waals surface area (Å²) in [6, 6.07) is 13.8. The van der Waals surface area contributed by atoms with Crippen molar-refractivity contribution in [3.05, 3.63) is 74.8 Å². The van der Waals surface area contributed by atoms with Crippen LogP contribution in [0, 0.1) is 34.6 Å². The molecule has 0 aliphatic carbocycles. The van der Waals surface area contributed by atoms with Crippen molar-refractivity contribution in [2.45, 2.75) is 34.6 Å². The summed E-state index contributed by atoms with van der Waals surface area (Å²) < 4.78 is 12.6. The minimum absolute atomic E-state index is 0.0897. The fraction of sp³-hybridized carbons (Fsp3) is 0.231. The number of carbonyl (C=O) groups excluding carboxylic acids is 1. The summed E-state index contributed by atoms with van der Waals surface area (Å²) >= 11 is 3.51. The van der Waals surface area contributed by atoms with E-state index in [2.05, 4.69) is 40.1 Å². The van der Waals surface area contributed by atoms with Gasteiger partial charge in [-0.2, -0.15) is 0 Å². The lowest BCUT2D eigenvalue weighted by Crippen LogP contribution is -2.21. The Labute approximate surface area is 195 Å². The molecule has 0 radical (unpaired) electrons. The fourth-order valence-electron chi connectivity index (χ4n) is 3.60. The van der Waals surface area contributed by atoms with E-state index >= 15 is 0 Å². The Morgan fingerprint density at radius 2 is 1.72 bits per heavy atom. The molecule has 164 valence electrons. The number of halogens is 1. The molecule has 0 unspecified atom stereocenters. The monoisotopic (exact) mass is 492 g/mol. The Balaban J connectivity index is 1.52. The molecule has 0 saturated heterocycles. The van der Waals surface area contributed by atoms with E-state index in [0.29, 0.717) is 17.3 Å². The molecule has 5 nitrogen and oxygen atoms in total. The Bertz CT molecular complexity index is 1280. The van der Waals surface area contributed by atoms with E-state index in [1.165, 1.54) is 5.56 Å². The van der Waals surface area contributed by atoms with E-state index in [0.717, 1.165) is 43.4 Å². The zero-order chi connectivity index (χ0) is 23.0. The summed E-state index contributed by atoms with van der Waals surface area (Å²) in [5.41, 5.74) is 8.45. The molecule has 1 amide bonds. The van der Waals surface area contributed by atoms with Crippen molar-refractivity contribution in [1.82, 2.24) is 4.98 Å². The Hall–Kier alpha value is -3.12. The van der Waals surface area contributed by atoms with Crippen LogP contribution in [-0.4, -0.2) is 17.5 Å². The maximum atomic E-state index is 12.6. The second kappa shape index (κ2) is 8.79. The number of benzene rings is 3. The molecule has 6 heteroatoms. The van der Waals surface area contributed by atoms with E-state index in [4.69, 9.17) is 9.15 Å². The van der Waals surface area contributed by atoms with E-state index in [9.17, 15) is 4.79 Å². The van der Waals surface area contributed by atoms with E-state index < -0.39 is 0 Å². The van der Waals surface area contributed by atoms with Gasteiger partial charge in [-0.25, -0.2) is 4.98 Å². The summed E-state index contributed by atoms with van der Waals surface area (Å²) in [5, 5.41) is 2.94. The number of fused-ring (bicyclic) bond motifs is 1. The van der Waals surface area contributed by atoms with Gasteiger partial charge in [0.1, 0.15) is 11.3 Å². The molecular formula is C26H25BrN2O3. The molecule has 0 spiro atoms. The lowest BCUT2D eigenvalue weighted by molar-refractivity contribution is -0.118. The molecule has 0 aliphatic heterocycles. The predicted octanol–water partition coefficient (Wildman–Crippen LogP) is 6.82. The van der Waals surface area contributed by atoms with Crippen LogP contribution in [0.2, 0.25) is 0 Å². The molecule has 0 saturated carbocycles. The first kappa shape index (κ1) is 22.1. The van der Waals surface area contributed by atoms with Gasteiger partial charge in [0.15, 0.2) is 12.2 Å². The molecule has 0 atom stereocenters. The van der Waals surface area contributed by atoms with Crippen LogP contribution in [0.4, 0.5) is 5.69 Å². The summed E-state index contributed by atoms with van der Waals surface area (Å²) in [7, 11) is 0. The average molecular weight is 493 g/mol. The SMILES string of the molecule is Cc1cc(C)c(OCC(=O)Nc2cc(-c3nc4cc(C)c(C)cc4o3)ccc2C)c(Br)c1. The van der Waals surface area contributed by atoms with E-state index in [1.807, 2.05) is 63.2 Å². The molecule has 1 N–H and O–H groups in total. The Morgan fingerprint density at radius 1 is 0.969 bits per heavy atom. The topological polar surface area (TPSA) is 64.4 Å². The van der Waals surface area contributed by atoms with Gasteiger partial charge in [-0.3, -0.25) is 4.79 Å². The van der Waals surface area contributed by atoms with Crippen molar-refractivity contribution >= 4 is 38.6 Å². The molecule has 3 aromatic carbocycles. The van der Waals surface area contributed by atoms with Gasteiger partial charge in [0.25, 0.3) is 5.91 Å². The van der Waals surface area contributed by atoms with Crippen LogP contribution in [0.25, 0.3) is 22.6 Å². The van der Waals surface area contributed by atoms with Gasteiger partial charge < -0.3 is 14.5 Å². The molecule has 4 rings (SSSR count). The van der Waals surface area contributed by atoms with Gasteiger partial charge in [-0.05, 0) is 109 Å². The Morgan fingerprint density at radius 3 is 2.47 bits per heavy atom. The maximum Gasteiger partial charge on any atom is 0.262 e. The first-order valence-electron chi connectivity index (χ1n) is 10.4. The summed E-state index contributed by atoms with van der Waals surface area (Å²) in [5.74, 6) is 0.963. The van der Waals surface area contributed by atoms with Crippen LogP contribution in [0.5, 0.6) is 5.75 Å². The third kappa shape index (κ3) is 4.55. The minimum atomic E-state index is -0.235. The van der Waals surface area contributed by atoms with E-state index in [-0.39, 0.29) is 12.5 Å². The van der Waals surface area contributed by atoms with Crippen LogP contribution < -0.4 is 10.1 Å². The summed E-state index contributed by atoms with van der Waals surface area (Å²) in [4.78, 5) is 17.2. The van der Waals surface area contributed by atoms with Gasteiger partial charge in [0, 0.05) is 11.3 Å². The third-order valence-corrected chi connectivity index (χ3v) is 6.07. The quantitative estimate of drug-likeness (QED) is 0.332. The van der Waals surface area contributed by atoms with Crippen LogP contribution in [0.1, 0.15) is 27.8 Å². The largest absolute Gasteiger partial charge is 0.482 e. The molecular weight excluding hydrogens is 468 g/mol. The number of oxazole rings is 1. The number of anilines is 1. The second-order valence-electron chi connectivity index (χ2n) is 8.18. The fourth-order valence-corrected chi connectivity index (χ4v) is 4.39. The number of hydrogen-bond donors (Lipinski definition) is 1. The first-order chi connectivity index (χ1) is 15.2. The number of aromatic nitrogens is 1. The average Bonchev–Trinajstić information content (AvgIpc) is 3.11. The zero-order valence-electron chi connectivity index (χ0n) is 18.8. The van der Waals surface area contributed by atoms with Gasteiger partial charge in [0.2, 0.25) is 5.89 Å². The maximum absolute atomic E-state index is 12.6. The highest BCUT2D eigenvalue weighted by Crippen LogP contribution is 2.31. The molecule has 4 aromatic rings. The number of nitrogens with one attached hydrogen (secondary N) is 1. The highest BCUT2D eigenvalue weighted by atomic mass is 79.9. The lowest BCUT2D eigenvalue weighted by atomic mass is 10.1. The highest BCUT2D eigenvalue weighted by Gasteiger charge is 2.14. The normalized spacial score (nSPS) is 11.1. The Kier molecular flexibility index (Phi) is 6.07. The highest BCUT2D eigenvalue weighted by molar-refractivity contribution is 9.10. The van der Waals surface area contributed by atoms with Crippen LogP contribution >= 0.6 is 15.9 Å². The van der Waals surface area contributed by atoms with Crippen molar-refractivity contribution in [1.29, 1.82) is 0 Å². The van der Waals surface area contributed by atoms with Crippen molar-refractivity contribution in [2.75, 3.05) is 11.9 Å². The smallest absolute Gasteiger partial charge is 0.262 e. The third-order valence-electron chi connectivity index (χ3n) is 5.48. The summed E-state index contributed by atoms with van der Waals surface area (Å²) in [6.07, 6.45) is 0. The molecule has 0 bridgehead atoms. The number of hydrogen-bond acceptors (Lipinski definition) is 4. The molecule has 1 heterocycles. The van der Waals surface area contributed by atoms with E-state index in [1.54, 1.807) is 0 Å². The van der Waals surface area contributed by atoms with Crippen molar-refractivity contribution < 1.29 is 13.9 Å². The number of amides is 1. The second-order valence-corrected chi connectivity index (χ2v) is 9.04. The summed E-state index contributed by atoms with van der Waals surface area (Å²) in [6.45, 7) is 9.94. The molecule has 0 fully saturated rings. The first-order valence-corrected chi connectivity index (χ1v) is 11.2. The number of rotatable bonds is 5. The van der Waals surface area contributed by atoms with Crippen LogP contribution in [0.3, 0.4) is 0 Å². The minimum Gasteiger partial charge on any atom is -0.482 e. The number of aryl methyl sites for hydroxylation is 5. The number of ether oxygens (including phenoxy) is 1.